The van der Waals surface area contributed by atoms with Crippen LogP contribution in [0.15, 0.2) is 10.6 Å². The van der Waals surface area contributed by atoms with E-state index in [0.717, 1.165) is 31.0 Å². The van der Waals surface area contributed by atoms with Crippen LogP contribution < -0.4 is 5.32 Å². The first kappa shape index (κ1) is 17.1. The van der Waals surface area contributed by atoms with Gasteiger partial charge in [-0.15, -0.1) is 0 Å². The van der Waals surface area contributed by atoms with E-state index in [-0.39, 0.29) is 5.60 Å². The third-order valence-electron chi connectivity index (χ3n) is 3.11. The molecule has 0 aliphatic carbocycles. The minimum absolute atomic E-state index is 0.145. The maximum Gasteiger partial charge on any atom is 0.162 e. The quantitative estimate of drug-likeness (QED) is 0.670. The first-order valence-electron chi connectivity index (χ1n) is 7.21. The maximum absolute atomic E-state index is 5.58. The lowest BCUT2D eigenvalue weighted by atomic mass is 10.1. The van der Waals surface area contributed by atoms with Crippen molar-refractivity contribution in [3.63, 3.8) is 0 Å². The molecule has 0 spiro atoms. The monoisotopic (exact) mass is 284 g/mol. The van der Waals surface area contributed by atoms with Gasteiger partial charge in [-0.25, -0.2) is 0 Å². The largest absolute Gasteiger partial charge is 0.379 e. The highest BCUT2D eigenvalue weighted by Gasteiger charge is 2.15. The van der Waals surface area contributed by atoms with Crippen molar-refractivity contribution < 1.29 is 14.0 Å². The molecule has 20 heavy (non-hydrogen) atoms. The molecule has 5 nitrogen and oxygen atoms in total. The molecule has 0 aliphatic rings. The third kappa shape index (κ3) is 7.03. The van der Waals surface area contributed by atoms with Gasteiger partial charge in [0.15, 0.2) is 5.76 Å². The first-order chi connectivity index (χ1) is 9.43. The molecule has 1 aromatic rings. The molecule has 0 saturated carbocycles. The van der Waals surface area contributed by atoms with Gasteiger partial charge in [0.25, 0.3) is 0 Å². The lowest BCUT2D eigenvalue weighted by Crippen LogP contribution is -2.24. The van der Waals surface area contributed by atoms with E-state index in [2.05, 4.69) is 24.3 Å². The van der Waals surface area contributed by atoms with Gasteiger partial charge < -0.3 is 19.3 Å². The molecule has 0 aromatic carbocycles. The molecule has 1 aromatic heterocycles. The van der Waals surface area contributed by atoms with Crippen molar-refractivity contribution in [2.45, 2.75) is 52.9 Å². The molecule has 0 unspecified atom stereocenters. The van der Waals surface area contributed by atoms with Crippen LogP contribution in [-0.4, -0.2) is 31.0 Å². The topological polar surface area (TPSA) is 56.5 Å². The summed E-state index contributed by atoms with van der Waals surface area (Å²) in [5, 5.41) is 7.34. The second-order valence-electron chi connectivity index (χ2n) is 6.08. The van der Waals surface area contributed by atoms with Crippen LogP contribution in [0.25, 0.3) is 0 Å². The Morgan fingerprint density at radius 3 is 2.80 bits per heavy atom. The van der Waals surface area contributed by atoms with Crippen LogP contribution in [0.5, 0.6) is 0 Å². The van der Waals surface area contributed by atoms with Crippen LogP contribution in [-0.2, 0) is 22.6 Å². The van der Waals surface area contributed by atoms with Gasteiger partial charge in [0.2, 0.25) is 0 Å². The van der Waals surface area contributed by atoms with Crippen LogP contribution in [0.1, 0.15) is 45.6 Å². The Labute approximate surface area is 122 Å². The van der Waals surface area contributed by atoms with Crippen molar-refractivity contribution in [1.29, 1.82) is 0 Å². The third-order valence-corrected chi connectivity index (χ3v) is 3.11. The highest BCUT2D eigenvalue weighted by Crippen LogP contribution is 2.13. The minimum Gasteiger partial charge on any atom is -0.379 e. The fourth-order valence-corrected chi connectivity index (χ4v) is 1.59. The molecule has 1 heterocycles. The van der Waals surface area contributed by atoms with Gasteiger partial charge in [0.1, 0.15) is 6.61 Å². The smallest absolute Gasteiger partial charge is 0.162 e. The summed E-state index contributed by atoms with van der Waals surface area (Å²) in [6.45, 7) is 11.3. The van der Waals surface area contributed by atoms with Gasteiger partial charge in [-0.05, 0) is 32.7 Å². The zero-order valence-electron chi connectivity index (χ0n) is 13.4. The van der Waals surface area contributed by atoms with E-state index in [0.29, 0.717) is 19.1 Å². The summed E-state index contributed by atoms with van der Waals surface area (Å²) < 4.78 is 16.1. The number of ether oxygens (including phenoxy) is 2. The molecule has 0 atom stereocenters. The second-order valence-corrected chi connectivity index (χ2v) is 6.08. The molecule has 1 rings (SSSR count). The molecule has 5 heteroatoms. The van der Waals surface area contributed by atoms with Crippen molar-refractivity contribution in [2.24, 2.45) is 5.92 Å². The fraction of sp³-hybridized carbons (Fsp3) is 0.800. The highest BCUT2D eigenvalue weighted by molar-refractivity contribution is 5.04. The van der Waals surface area contributed by atoms with Gasteiger partial charge in [0, 0.05) is 26.3 Å². The van der Waals surface area contributed by atoms with Crippen LogP contribution in [0.3, 0.4) is 0 Å². The van der Waals surface area contributed by atoms with E-state index in [1.165, 1.54) is 0 Å². The van der Waals surface area contributed by atoms with Gasteiger partial charge in [0.05, 0.1) is 11.3 Å². The Balaban J connectivity index is 2.20. The summed E-state index contributed by atoms with van der Waals surface area (Å²) >= 11 is 0. The molecule has 0 radical (unpaired) electrons. The summed E-state index contributed by atoms with van der Waals surface area (Å²) in [5.41, 5.74) is 0.773. The Morgan fingerprint density at radius 2 is 2.15 bits per heavy atom. The number of rotatable bonds is 10. The Hall–Kier alpha value is -0.910. The predicted molar refractivity (Wildman–Crippen MR) is 78.4 cm³/mol. The Kier molecular flexibility index (Phi) is 7.19. The van der Waals surface area contributed by atoms with Crippen LogP contribution >= 0.6 is 0 Å². The van der Waals surface area contributed by atoms with Gasteiger partial charge in [-0.2, -0.15) is 0 Å². The van der Waals surface area contributed by atoms with Crippen LogP contribution in [0.4, 0.5) is 0 Å². The summed E-state index contributed by atoms with van der Waals surface area (Å²) in [5.74, 6) is 1.40. The maximum atomic E-state index is 5.58. The average Bonchev–Trinajstić information content (AvgIpc) is 2.82. The number of hydrogen-bond acceptors (Lipinski definition) is 5. The number of nitrogens with one attached hydrogen (secondary N) is 1. The molecule has 116 valence electrons. The number of aromatic nitrogens is 1. The Morgan fingerprint density at radius 1 is 1.40 bits per heavy atom. The minimum atomic E-state index is -0.145. The second kappa shape index (κ2) is 8.39. The standard InChI is InChI=1S/C15H28N2O3/c1-12(2)9-16-10-13-8-14(20-17-13)11-19-7-6-15(3,4)18-5/h8,12,16H,6-7,9-11H2,1-5H3. The molecule has 0 fully saturated rings. The van der Waals surface area contributed by atoms with Crippen molar-refractivity contribution in [3.8, 4) is 0 Å². The number of methoxy groups -OCH3 is 1. The summed E-state index contributed by atoms with van der Waals surface area (Å²) in [7, 11) is 1.72. The molecular formula is C15H28N2O3. The zero-order chi connectivity index (χ0) is 15.0. The van der Waals surface area contributed by atoms with E-state index >= 15 is 0 Å². The van der Waals surface area contributed by atoms with Crippen molar-refractivity contribution in [2.75, 3.05) is 20.3 Å². The van der Waals surface area contributed by atoms with Gasteiger partial charge in [-0.3, -0.25) is 0 Å². The van der Waals surface area contributed by atoms with E-state index < -0.39 is 0 Å². The summed E-state index contributed by atoms with van der Waals surface area (Å²) in [6, 6.07) is 1.94. The lowest BCUT2D eigenvalue weighted by molar-refractivity contribution is -0.0148. The van der Waals surface area contributed by atoms with Crippen LogP contribution in [0.2, 0.25) is 0 Å². The number of nitrogens with zero attached hydrogens (tertiary/aromatic N) is 1. The molecule has 0 saturated heterocycles. The number of hydrogen-bond donors (Lipinski definition) is 1. The van der Waals surface area contributed by atoms with Crippen molar-refractivity contribution >= 4 is 0 Å². The summed E-state index contributed by atoms with van der Waals surface area (Å²) in [6.07, 6.45) is 0.848. The fourth-order valence-electron chi connectivity index (χ4n) is 1.59. The van der Waals surface area contributed by atoms with E-state index in [1.807, 2.05) is 19.9 Å². The molecular weight excluding hydrogens is 256 g/mol. The van der Waals surface area contributed by atoms with E-state index in [9.17, 15) is 0 Å². The predicted octanol–water partition coefficient (Wildman–Crippen LogP) is 2.75. The van der Waals surface area contributed by atoms with E-state index in [1.54, 1.807) is 7.11 Å². The first-order valence-corrected chi connectivity index (χ1v) is 7.21. The lowest BCUT2D eigenvalue weighted by Gasteiger charge is -2.22. The van der Waals surface area contributed by atoms with Crippen LogP contribution in [0, 0.1) is 5.92 Å². The average molecular weight is 284 g/mol. The zero-order valence-corrected chi connectivity index (χ0v) is 13.4. The normalized spacial score (nSPS) is 12.3. The SMILES string of the molecule is COC(C)(C)CCOCc1cc(CNCC(C)C)no1. The van der Waals surface area contributed by atoms with Gasteiger partial charge >= 0.3 is 0 Å². The van der Waals surface area contributed by atoms with E-state index in [4.69, 9.17) is 14.0 Å². The van der Waals surface area contributed by atoms with Crippen molar-refractivity contribution in [1.82, 2.24) is 10.5 Å². The molecule has 0 aliphatic heterocycles. The highest BCUT2D eigenvalue weighted by atomic mass is 16.5. The molecule has 0 bridgehead atoms. The van der Waals surface area contributed by atoms with Gasteiger partial charge in [-0.1, -0.05) is 19.0 Å². The molecule has 1 N–H and O–H groups in total. The Bertz CT molecular complexity index is 375. The summed E-state index contributed by atoms with van der Waals surface area (Å²) in [4.78, 5) is 0. The molecule has 0 amide bonds. The van der Waals surface area contributed by atoms with Crippen molar-refractivity contribution in [3.05, 3.63) is 17.5 Å².